The molecule has 0 radical (unpaired) electrons. The second-order valence-electron chi connectivity index (χ2n) is 5.47. The first-order chi connectivity index (χ1) is 9.70. The topological polar surface area (TPSA) is 24.9 Å². The van der Waals surface area contributed by atoms with Crippen molar-refractivity contribution < 1.29 is 4.39 Å². The average molecular weight is 270 g/mol. The molecule has 0 fully saturated rings. The van der Waals surface area contributed by atoms with E-state index in [2.05, 4.69) is 16.4 Å². The molecule has 1 aromatic heterocycles. The van der Waals surface area contributed by atoms with Gasteiger partial charge in [-0.05, 0) is 55.6 Å². The van der Waals surface area contributed by atoms with E-state index in [9.17, 15) is 4.39 Å². The van der Waals surface area contributed by atoms with Crippen LogP contribution in [0.1, 0.15) is 40.8 Å². The Labute approximate surface area is 119 Å². The number of nitrogens with one attached hydrogen (secondary N) is 1. The summed E-state index contributed by atoms with van der Waals surface area (Å²) in [5.41, 5.74) is 4.36. The zero-order valence-electron chi connectivity index (χ0n) is 11.9. The number of rotatable bonds is 3. The SMILES string of the molecule is CNC(c1ccc(F)c(C)c1)C1CCc2cccnc21. The Morgan fingerprint density at radius 3 is 2.95 bits per heavy atom. The van der Waals surface area contributed by atoms with Gasteiger partial charge in [-0.15, -0.1) is 0 Å². The molecule has 0 spiro atoms. The third-order valence-electron chi connectivity index (χ3n) is 4.26. The summed E-state index contributed by atoms with van der Waals surface area (Å²) in [6.07, 6.45) is 4.03. The van der Waals surface area contributed by atoms with Gasteiger partial charge in [-0.2, -0.15) is 0 Å². The maximum Gasteiger partial charge on any atom is 0.126 e. The number of pyridine rings is 1. The lowest BCUT2D eigenvalue weighted by atomic mass is 9.90. The molecule has 1 aromatic carbocycles. The smallest absolute Gasteiger partial charge is 0.126 e. The summed E-state index contributed by atoms with van der Waals surface area (Å²) in [5, 5.41) is 3.39. The minimum Gasteiger partial charge on any atom is -0.312 e. The third-order valence-corrected chi connectivity index (χ3v) is 4.26. The molecule has 20 heavy (non-hydrogen) atoms. The molecule has 3 heteroatoms. The van der Waals surface area contributed by atoms with Gasteiger partial charge in [0.2, 0.25) is 0 Å². The van der Waals surface area contributed by atoms with Crippen LogP contribution in [0.5, 0.6) is 0 Å². The normalized spacial score (nSPS) is 18.9. The van der Waals surface area contributed by atoms with E-state index in [0.29, 0.717) is 11.5 Å². The summed E-state index contributed by atoms with van der Waals surface area (Å²) in [4.78, 5) is 4.56. The van der Waals surface area contributed by atoms with Gasteiger partial charge < -0.3 is 5.32 Å². The highest BCUT2D eigenvalue weighted by molar-refractivity contribution is 5.35. The molecule has 1 aliphatic carbocycles. The maximum absolute atomic E-state index is 13.4. The lowest BCUT2D eigenvalue weighted by Crippen LogP contribution is -2.23. The van der Waals surface area contributed by atoms with E-state index in [0.717, 1.165) is 18.4 Å². The molecule has 1 heterocycles. The zero-order valence-corrected chi connectivity index (χ0v) is 11.9. The van der Waals surface area contributed by atoms with E-state index >= 15 is 0 Å². The number of benzene rings is 1. The Kier molecular flexibility index (Phi) is 3.53. The molecule has 104 valence electrons. The summed E-state index contributed by atoms with van der Waals surface area (Å²) in [6.45, 7) is 1.81. The number of hydrogen-bond donors (Lipinski definition) is 1. The second kappa shape index (κ2) is 5.33. The first-order valence-electron chi connectivity index (χ1n) is 7.08. The van der Waals surface area contributed by atoms with E-state index in [1.165, 1.54) is 11.3 Å². The molecule has 0 aliphatic heterocycles. The highest BCUT2D eigenvalue weighted by atomic mass is 19.1. The molecule has 0 saturated carbocycles. The van der Waals surface area contributed by atoms with Crippen molar-refractivity contribution in [3.05, 3.63) is 64.7 Å². The van der Waals surface area contributed by atoms with Crippen LogP contribution in [0, 0.1) is 12.7 Å². The Morgan fingerprint density at radius 1 is 1.35 bits per heavy atom. The predicted molar refractivity (Wildman–Crippen MR) is 78.2 cm³/mol. The van der Waals surface area contributed by atoms with Crippen LogP contribution < -0.4 is 5.32 Å². The van der Waals surface area contributed by atoms with Crippen LogP contribution in [0.4, 0.5) is 4.39 Å². The van der Waals surface area contributed by atoms with Crippen LogP contribution in [0.3, 0.4) is 0 Å². The van der Waals surface area contributed by atoms with Crippen molar-refractivity contribution in [1.29, 1.82) is 0 Å². The van der Waals surface area contributed by atoms with Crippen molar-refractivity contribution >= 4 is 0 Å². The predicted octanol–water partition coefficient (Wildman–Crippen LogP) is 3.52. The monoisotopic (exact) mass is 270 g/mol. The van der Waals surface area contributed by atoms with Crippen LogP contribution in [-0.4, -0.2) is 12.0 Å². The fourth-order valence-corrected chi connectivity index (χ4v) is 3.23. The Morgan fingerprint density at radius 2 is 2.20 bits per heavy atom. The molecule has 2 atom stereocenters. The lowest BCUT2D eigenvalue weighted by molar-refractivity contribution is 0.469. The van der Waals surface area contributed by atoms with Crippen LogP contribution in [-0.2, 0) is 6.42 Å². The van der Waals surface area contributed by atoms with Crippen LogP contribution in [0.2, 0.25) is 0 Å². The van der Waals surface area contributed by atoms with Crippen LogP contribution >= 0.6 is 0 Å². The highest BCUT2D eigenvalue weighted by Gasteiger charge is 2.31. The highest BCUT2D eigenvalue weighted by Crippen LogP contribution is 2.40. The number of likely N-dealkylation sites (N-methyl/N-ethyl adjacent to an activating group) is 1. The summed E-state index contributed by atoms with van der Waals surface area (Å²) < 4.78 is 13.4. The first-order valence-corrected chi connectivity index (χ1v) is 7.08. The number of aromatic nitrogens is 1. The summed E-state index contributed by atoms with van der Waals surface area (Å²) >= 11 is 0. The van der Waals surface area contributed by atoms with Crippen LogP contribution in [0.15, 0.2) is 36.5 Å². The van der Waals surface area contributed by atoms with Gasteiger partial charge in [-0.3, -0.25) is 4.98 Å². The van der Waals surface area contributed by atoms with Gasteiger partial charge in [-0.25, -0.2) is 4.39 Å². The Balaban J connectivity index is 1.97. The standard InChI is InChI=1S/C17H19FN2/c1-11-10-13(6-8-15(11)18)16(19-2)14-7-5-12-4-3-9-20-17(12)14/h3-4,6,8-10,14,16,19H,5,7H2,1-2H3. The lowest BCUT2D eigenvalue weighted by Gasteiger charge is -2.24. The maximum atomic E-state index is 13.4. The molecule has 1 aliphatic rings. The molecule has 2 nitrogen and oxygen atoms in total. The molecule has 1 N–H and O–H groups in total. The Hall–Kier alpha value is -1.74. The van der Waals surface area contributed by atoms with Crippen molar-refractivity contribution in [2.75, 3.05) is 7.05 Å². The fourth-order valence-electron chi connectivity index (χ4n) is 3.23. The number of hydrogen-bond acceptors (Lipinski definition) is 2. The molecular weight excluding hydrogens is 251 g/mol. The van der Waals surface area contributed by atoms with E-state index in [1.807, 2.05) is 38.4 Å². The van der Waals surface area contributed by atoms with E-state index in [1.54, 1.807) is 6.07 Å². The van der Waals surface area contributed by atoms with Gasteiger partial charge in [0.1, 0.15) is 5.82 Å². The largest absolute Gasteiger partial charge is 0.312 e. The zero-order chi connectivity index (χ0) is 14.1. The van der Waals surface area contributed by atoms with Crippen molar-refractivity contribution in [2.24, 2.45) is 0 Å². The quantitative estimate of drug-likeness (QED) is 0.923. The molecule has 3 rings (SSSR count). The van der Waals surface area contributed by atoms with Gasteiger partial charge in [0.15, 0.2) is 0 Å². The first kappa shape index (κ1) is 13.3. The van der Waals surface area contributed by atoms with Crippen molar-refractivity contribution in [3.8, 4) is 0 Å². The number of aryl methyl sites for hydroxylation is 2. The second-order valence-corrected chi connectivity index (χ2v) is 5.47. The van der Waals surface area contributed by atoms with Gasteiger partial charge in [0.05, 0.1) is 0 Å². The van der Waals surface area contributed by atoms with E-state index in [-0.39, 0.29) is 11.9 Å². The summed E-state index contributed by atoms with van der Waals surface area (Å²) in [5.74, 6) is 0.217. The van der Waals surface area contributed by atoms with Gasteiger partial charge in [-0.1, -0.05) is 18.2 Å². The van der Waals surface area contributed by atoms with Gasteiger partial charge in [0, 0.05) is 23.9 Å². The van der Waals surface area contributed by atoms with Crippen LogP contribution in [0.25, 0.3) is 0 Å². The third kappa shape index (κ3) is 2.22. The Bertz CT molecular complexity index is 624. The molecule has 0 amide bonds. The van der Waals surface area contributed by atoms with Crippen molar-refractivity contribution in [1.82, 2.24) is 10.3 Å². The molecule has 0 bridgehead atoms. The molecule has 2 aromatic rings. The van der Waals surface area contributed by atoms with E-state index in [4.69, 9.17) is 0 Å². The fraction of sp³-hybridized carbons (Fsp3) is 0.353. The molecule has 0 saturated heterocycles. The molecular formula is C17H19FN2. The molecule has 2 unspecified atom stereocenters. The summed E-state index contributed by atoms with van der Waals surface area (Å²) in [7, 11) is 1.96. The number of fused-ring (bicyclic) bond motifs is 1. The van der Waals surface area contributed by atoms with Crippen molar-refractivity contribution in [3.63, 3.8) is 0 Å². The van der Waals surface area contributed by atoms with E-state index < -0.39 is 0 Å². The minimum atomic E-state index is -0.145. The van der Waals surface area contributed by atoms with Gasteiger partial charge >= 0.3 is 0 Å². The minimum absolute atomic E-state index is 0.145. The van der Waals surface area contributed by atoms with Crippen molar-refractivity contribution in [2.45, 2.75) is 31.7 Å². The number of nitrogens with zero attached hydrogens (tertiary/aromatic N) is 1. The number of halogens is 1. The van der Waals surface area contributed by atoms with Gasteiger partial charge in [0.25, 0.3) is 0 Å². The summed E-state index contributed by atoms with van der Waals surface area (Å²) in [6, 6.07) is 9.72. The average Bonchev–Trinajstić information content (AvgIpc) is 2.88.